The van der Waals surface area contributed by atoms with Gasteiger partial charge in [-0.25, -0.2) is 0 Å². The van der Waals surface area contributed by atoms with Gasteiger partial charge in [0.1, 0.15) is 6.23 Å². The summed E-state index contributed by atoms with van der Waals surface area (Å²) in [6.45, 7) is 1.66. The van der Waals surface area contributed by atoms with Crippen LogP contribution in [0.2, 0.25) is 0 Å². The van der Waals surface area contributed by atoms with Crippen molar-refractivity contribution in [3.8, 4) is 0 Å². The van der Waals surface area contributed by atoms with Gasteiger partial charge < -0.3 is 16.2 Å². The predicted molar refractivity (Wildman–Crippen MR) is 60.3 cm³/mol. The second kappa shape index (κ2) is 6.28. The third-order valence-electron chi connectivity index (χ3n) is 1.29. The first kappa shape index (κ1) is 14.6. The average molecular weight is 250 g/mol. The smallest absolute Gasteiger partial charge is 0.394 e. The van der Waals surface area contributed by atoms with Gasteiger partial charge in [-0.2, -0.15) is 8.42 Å². The molecule has 0 aromatic heterocycles. The highest BCUT2D eigenvalue weighted by atomic mass is 32.3. The molecule has 0 saturated carbocycles. The molecule has 0 amide bonds. The van der Waals surface area contributed by atoms with Crippen molar-refractivity contribution in [2.45, 2.75) is 13.2 Å². The molecule has 7 nitrogen and oxygen atoms in total. The van der Waals surface area contributed by atoms with Crippen molar-refractivity contribution < 1.29 is 22.6 Å². The van der Waals surface area contributed by atoms with Gasteiger partial charge in [-0.1, -0.05) is 0 Å². The summed E-state index contributed by atoms with van der Waals surface area (Å²) >= 11 is 0. The van der Waals surface area contributed by atoms with Crippen molar-refractivity contribution in [1.82, 2.24) is 0 Å². The first-order chi connectivity index (χ1) is 7.18. The van der Waals surface area contributed by atoms with Gasteiger partial charge in [-0.3, -0.25) is 9.11 Å². The lowest BCUT2D eigenvalue weighted by atomic mass is 10.3. The Kier molecular flexibility index (Phi) is 5.75. The van der Waals surface area contributed by atoms with Crippen LogP contribution in [0.15, 0.2) is 24.3 Å². The van der Waals surface area contributed by atoms with Crippen LogP contribution in [0.1, 0.15) is 6.92 Å². The number of benzene rings is 1. The molecule has 1 aromatic carbocycles. The zero-order chi connectivity index (χ0) is 12.8. The number of nitrogen functional groups attached to an aromatic ring is 1. The number of rotatable bonds is 2. The fraction of sp³-hybridized carbons (Fsp3) is 0.250. The topological polar surface area (TPSA) is 133 Å². The molecule has 1 unspecified atom stereocenters. The average Bonchev–Trinajstić information content (AvgIpc) is 2.05. The minimum atomic E-state index is -4.67. The van der Waals surface area contributed by atoms with E-state index < -0.39 is 16.6 Å². The second-order valence-electron chi connectivity index (χ2n) is 2.89. The van der Waals surface area contributed by atoms with E-state index in [9.17, 15) is 0 Å². The van der Waals surface area contributed by atoms with Crippen LogP contribution in [0.25, 0.3) is 0 Å². The van der Waals surface area contributed by atoms with Gasteiger partial charge in [-0.15, -0.1) is 0 Å². The third kappa shape index (κ3) is 10.7. The van der Waals surface area contributed by atoms with Crippen molar-refractivity contribution >= 4 is 21.8 Å². The van der Waals surface area contributed by atoms with Crippen LogP contribution < -0.4 is 11.1 Å². The van der Waals surface area contributed by atoms with Crippen LogP contribution in [-0.2, 0) is 10.4 Å². The number of hydrogen-bond donors (Lipinski definition) is 5. The highest BCUT2D eigenvalue weighted by Gasteiger charge is 1.93. The standard InChI is InChI=1S/C8H12N2O.H2O4S/c1-6(11)10-8-4-2-7(9)3-5-8;1-5(2,3)4/h2-6,10-11H,9H2,1H3;(H2,1,2,3,4). The quantitative estimate of drug-likeness (QED) is 0.291. The zero-order valence-electron chi connectivity index (χ0n) is 8.53. The van der Waals surface area contributed by atoms with Crippen molar-refractivity contribution in [1.29, 1.82) is 0 Å². The van der Waals surface area contributed by atoms with Crippen molar-refractivity contribution in [3.05, 3.63) is 24.3 Å². The Morgan fingerprint density at radius 3 is 1.94 bits per heavy atom. The molecule has 0 aliphatic heterocycles. The van der Waals surface area contributed by atoms with Crippen LogP contribution in [0.4, 0.5) is 11.4 Å². The van der Waals surface area contributed by atoms with Crippen molar-refractivity contribution in [2.75, 3.05) is 11.1 Å². The van der Waals surface area contributed by atoms with E-state index in [0.717, 1.165) is 11.4 Å². The molecule has 8 heteroatoms. The molecule has 0 bridgehead atoms. The Labute approximate surface area is 93.5 Å². The lowest BCUT2D eigenvalue weighted by Gasteiger charge is -2.08. The second-order valence-corrected chi connectivity index (χ2v) is 3.79. The first-order valence-corrected chi connectivity index (χ1v) is 5.58. The molecular weight excluding hydrogens is 236 g/mol. The van der Waals surface area contributed by atoms with Crippen LogP contribution in [0.5, 0.6) is 0 Å². The first-order valence-electron chi connectivity index (χ1n) is 4.18. The number of nitrogens with one attached hydrogen (secondary N) is 1. The zero-order valence-corrected chi connectivity index (χ0v) is 9.35. The van der Waals surface area contributed by atoms with E-state index in [1.165, 1.54) is 0 Å². The Hall–Kier alpha value is -1.35. The molecule has 1 aromatic rings. The Balaban J connectivity index is 0.000000385. The minimum absolute atomic E-state index is 0.529. The summed E-state index contributed by atoms with van der Waals surface area (Å²) in [5.41, 5.74) is 7.06. The molecule has 1 atom stereocenters. The maximum atomic E-state index is 8.93. The monoisotopic (exact) mass is 250 g/mol. The fourth-order valence-corrected chi connectivity index (χ4v) is 0.821. The van der Waals surface area contributed by atoms with Gasteiger partial charge in [0.05, 0.1) is 0 Å². The SMILES string of the molecule is CC(O)Nc1ccc(N)cc1.O=S(=O)(O)O. The Morgan fingerprint density at radius 2 is 1.62 bits per heavy atom. The van der Waals surface area contributed by atoms with Gasteiger partial charge in [-0.05, 0) is 31.2 Å². The molecule has 0 aliphatic rings. The molecule has 0 spiro atoms. The highest BCUT2D eigenvalue weighted by Crippen LogP contribution is 2.10. The summed E-state index contributed by atoms with van der Waals surface area (Å²) in [5, 5.41) is 11.8. The minimum Gasteiger partial charge on any atom is -0.399 e. The lowest BCUT2D eigenvalue weighted by molar-refractivity contribution is 0.224. The molecule has 0 heterocycles. The summed E-state index contributed by atoms with van der Waals surface area (Å²) < 4.78 is 31.6. The molecule has 0 radical (unpaired) electrons. The van der Waals surface area contributed by atoms with E-state index in [1.54, 1.807) is 19.1 Å². The van der Waals surface area contributed by atoms with E-state index >= 15 is 0 Å². The Bertz CT molecular complexity index is 393. The van der Waals surface area contributed by atoms with Crippen LogP contribution >= 0.6 is 0 Å². The molecule has 0 aliphatic carbocycles. The predicted octanol–water partition coefficient (Wildman–Crippen LogP) is 0.366. The maximum Gasteiger partial charge on any atom is 0.394 e. The van der Waals surface area contributed by atoms with Gasteiger partial charge in [0.2, 0.25) is 0 Å². The summed E-state index contributed by atoms with van der Waals surface area (Å²) in [5.74, 6) is 0. The van der Waals surface area contributed by atoms with Gasteiger partial charge in [0, 0.05) is 11.4 Å². The molecule has 92 valence electrons. The summed E-state index contributed by atoms with van der Waals surface area (Å²) in [6, 6.07) is 7.21. The third-order valence-corrected chi connectivity index (χ3v) is 1.29. The van der Waals surface area contributed by atoms with Gasteiger partial charge in [0.25, 0.3) is 0 Å². The molecule has 0 fully saturated rings. The van der Waals surface area contributed by atoms with Crippen molar-refractivity contribution in [3.63, 3.8) is 0 Å². The van der Waals surface area contributed by atoms with E-state index in [0.29, 0.717) is 0 Å². The van der Waals surface area contributed by atoms with Crippen LogP contribution in [0.3, 0.4) is 0 Å². The number of aliphatic hydroxyl groups is 1. The normalized spacial score (nSPS) is 12.2. The van der Waals surface area contributed by atoms with Gasteiger partial charge >= 0.3 is 10.4 Å². The number of hydrogen-bond acceptors (Lipinski definition) is 5. The maximum absolute atomic E-state index is 8.93. The summed E-state index contributed by atoms with van der Waals surface area (Å²) in [4.78, 5) is 0. The lowest BCUT2D eigenvalue weighted by Crippen LogP contribution is -2.12. The molecule has 0 saturated heterocycles. The molecule has 16 heavy (non-hydrogen) atoms. The van der Waals surface area contributed by atoms with E-state index in [1.807, 2.05) is 12.1 Å². The number of aliphatic hydroxyl groups excluding tert-OH is 1. The van der Waals surface area contributed by atoms with E-state index in [2.05, 4.69) is 5.32 Å². The fourth-order valence-electron chi connectivity index (χ4n) is 0.821. The molecule has 6 N–H and O–H groups in total. The summed E-state index contributed by atoms with van der Waals surface area (Å²) in [7, 11) is -4.67. The van der Waals surface area contributed by atoms with Gasteiger partial charge in [0.15, 0.2) is 0 Å². The number of anilines is 2. The molecular formula is C8H14N2O5S. The Morgan fingerprint density at radius 1 is 1.25 bits per heavy atom. The highest BCUT2D eigenvalue weighted by molar-refractivity contribution is 7.79. The summed E-state index contributed by atoms with van der Waals surface area (Å²) in [6.07, 6.45) is -0.529. The van der Waals surface area contributed by atoms with E-state index in [4.69, 9.17) is 28.4 Å². The van der Waals surface area contributed by atoms with Crippen LogP contribution in [0, 0.1) is 0 Å². The molecule has 1 rings (SSSR count). The largest absolute Gasteiger partial charge is 0.399 e. The van der Waals surface area contributed by atoms with Crippen LogP contribution in [-0.4, -0.2) is 28.9 Å². The van der Waals surface area contributed by atoms with Crippen molar-refractivity contribution in [2.24, 2.45) is 0 Å². The number of nitrogens with two attached hydrogens (primary N) is 1. The van der Waals surface area contributed by atoms with E-state index in [-0.39, 0.29) is 0 Å².